The van der Waals surface area contributed by atoms with Gasteiger partial charge in [-0.3, -0.25) is 5.21 Å². The van der Waals surface area contributed by atoms with E-state index in [9.17, 15) is 5.21 Å². The van der Waals surface area contributed by atoms with Crippen molar-refractivity contribution in [1.29, 1.82) is 0 Å². The first-order valence-electron chi connectivity index (χ1n) is 8.70. The van der Waals surface area contributed by atoms with Crippen LogP contribution in [-0.2, 0) is 4.84 Å². The second kappa shape index (κ2) is 6.67. The summed E-state index contributed by atoms with van der Waals surface area (Å²) in [4.78, 5) is 6.62. The molecule has 116 valence electrons. The van der Waals surface area contributed by atoms with Crippen molar-refractivity contribution in [2.75, 3.05) is 0 Å². The fourth-order valence-electron chi connectivity index (χ4n) is 3.98. The summed E-state index contributed by atoms with van der Waals surface area (Å²) < 4.78 is 0. The fourth-order valence-corrected chi connectivity index (χ4v) is 3.98. The molecule has 1 heterocycles. The minimum absolute atomic E-state index is 0.000534. The van der Waals surface area contributed by atoms with Gasteiger partial charge in [0.1, 0.15) is 6.10 Å². The Bertz CT molecular complexity index is 476. The zero-order valence-corrected chi connectivity index (χ0v) is 13.1. The highest BCUT2D eigenvalue weighted by molar-refractivity contribution is 5.99. The van der Waals surface area contributed by atoms with Gasteiger partial charge in [0, 0.05) is 10.5 Å². The number of hydrogen-bond donors (Lipinski definition) is 0. The van der Waals surface area contributed by atoms with Crippen LogP contribution in [0.1, 0.15) is 71.1 Å². The Morgan fingerprint density at radius 3 is 2.52 bits per heavy atom. The van der Waals surface area contributed by atoms with Crippen LogP contribution in [0, 0.1) is 11.1 Å². The average molecular weight is 289 g/mol. The summed E-state index contributed by atoms with van der Waals surface area (Å²) in [6, 6.07) is 0. The van der Waals surface area contributed by atoms with Crippen LogP contribution in [0.3, 0.4) is 0 Å². The molecular weight excluding hydrogens is 262 g/mol. The fraction of sp³-hybridized carbons (Fsp3) is 0.722. The summed E-state index contributed by atoms with van der Waals surface area (Å²) in [5.41, 5.74) is 3.56. The van der Waals surface area contributed by atoms with Gasteiger partial charge in [-0.25, -0.2) is 0 Å². The SMILES string of the molecule is CCC[C@@H]1C(C2=CCCCC2)=[N+]([O-])O[C@H]1C1=CCCCC1. The zero-order chi connectivity index (χ0) is 14.7. The van der Waals surface area contributed by atoms with E-state index in [1.54, 1.807) is 0 Å². The lowest BCUT2D eigenvalue weighted by Gasteiger charge is -2.25. The second-order valence-corrected chi connectivity index (χ2v) is 6.56. The van der Waals surface area contributed by atoms with E-state index in [-0.39, 0.29) is 12.0 Å². The predicted molar refractivity (Wildman–Crippen MR) is 85.0 cm³/mol. The summed E-state index contributed by atoms with van der Waals surface area (Å²) in [7, 11) is 0. The van der Waals surface area contributed by atoms with Crippen molar-refractivity contribution in [3.63, 3.8) is 0 Å². The maximum atomic E-state index is 12.4. The Labute approximate surface area is 127 Å². The van der Waals surface area contributed by atoms with Crippen molar-refractivity contribution < 1.29 is 9.74 Å². The molecule has 3 nitrogen and oxygen atoms in total. The van der Waals surface area contributed by atoms with Gasteiger partial charge in [-0.1, -0.05) is 31.1 Å². The highest BCUT2D eigenvalue weighted by Gasteiger charge is 2.42. The highest BCUT2D eigenvalue weighted by Crippen LogP contribution is 2.36. The van der Waals surface area contributed by atoms with Gasteiger partial charge in [-0.05, 0) is 57.8 Å². The summed E-state index contributed by atoms with van der Waals surface area (Å²) in [6.07, 6.45) is 16.1. The molecule has 0 saturated carbocycles. The molecule has 3 heteroatoms. The van der Waals surface area contributed by atoms with Crippen LogP contribution < -0.4 is 0 Å². The van der Waals surface area contributed by atoms with Crippen molar-refractivity contribution >= 4 is 5.71 Å². The first-order valence-corrected chi connectivity index (χ1v) is 8.70. The van der Waals surface area contributed by atoms with E-state index in [1.807, 2.05) is 0 Å². The Kier molecular flexibility index (Phi) is 4.67. The van der Waals surface area contributed by atoms with Gasteiger partial charge < -0.3 is 4.84 Å². The third kappa shape index (κ3) is 3.02. The van der Waals surface area contributed by atoms with Crippen LogP contribution >= 0.6 is 0 Å². The van der Waals surface area contributed by atoms with Gasteiger partial charge in [0.05, 0.1) is 5.92 Å². The summed E-state index contributed by atoms with van der Waals surface area (Å²) >= 11 is 0. The molecule has 3 aliphatic rings. The third-order valence-electron chi connectivity index (χ3n) is 5.03. The lowest BCUT2D eigenvalue weighted by molar-refractivity contribution is -0.738. The summed E-state index contributed by atoms with van der Waals surface area (Å²) in [6.45, 7) is 2.20. The maximum absolute atomic E-state index is 12.4. The lowest BCUT2D eigenvalue weighted by Crippen LogP contribution is -2.27. The molecule has 0 aromatic carbocycles. The Morgan fingerprint density at radius 2 is 1.90 bits per heavy atom. The monoisotopic (exact) mass is 289 g/mol. The number of allylic oxidation sites excluding steroid dienone is 3. The van der Waals surface area contributed by atoms with Crippen LogP contribution in [-0.4, -0.2) is 16.7 Å². The van der Waals surface area contributed by atoms with E-state index in [2.05, 4.69) is 19.1 Å². The van der Waals surface area contributed by atoms with Gasteiger partial charge >= 0.3 is 0 Å². The molecule has 0 fully saturated rings. The quantitative estimate of drug-likeness (QED) is 0.557. The van der Waals surface area contributed by atoms with E-state index in [1.165, 1.54) is 36.8 Å². The smallest absolute Gasteiger partial charge is 0.252 e. The molecule has 0 spiro atoms. The first kappa shape index (κ1) is 14.7. The zero-order valence-electron chi connectivity index (χ0n) is 13.1. The summed E-state index contributed by atoms with van der Waals surface area (Å²) in [5, 5.41) is 12.4. The van der Waals surface area contributed by atoms with Crippen LogP contribution in [0.5, 0.6) is 0 Å². The molecule has 0 unspecified atom stereocenters. The van der Waals surface area contributed by atoms with E-state index in [4.69, 9.17) is 4.84 Å². The molecule has 0 radical (unpaired) electrons. The standard InChI is InChI=1S/C18H27NO2/c1-2-9-16-17(14-10-5-3-6-11-14)19(20)21-18(16)15-12-7-4-8-13-15/h10,12,16,18H,2-9,11,13H2,1H3/t16-,18+/m1/s1. The van der Waals surface area contributed by atoms with Crippen molar-refractivity contribution in [2.24, 2.45) is 5.92 Å². The van der Waals surface area contributed by atoms with Crippen LogP contribution in [0.2, 0.25) is 0 Å². The van der Waals surface area contributed by atoms with Crippen molar-refractivity contribution in [3.05, 3.63) is 28.5 Å². The highest BCUT2D eigenvalue weighted by atomic mass is 16.9. The Balaban J connectivity index is 1.86. The number of nitrogens with zero attached hydrogens (tertiary/aromatic N) is 1. The molecule has 0 N–H and O–H groups in total. The Morgan fingerprint density at radius 1 is 1.14 bits per heavy atom. The Hall–Kier alpha value is -1.25. The number of rotatable bonds is 4. The van der Waals surface area contributed by atoms with E-state index in [0.717, 1.165) is 49.1 Å². The molecule has 21 heavy (non-hydrogen) atoms. The molecular formula is C18H27NO2. The first-order chi connectivity index (χ1) is 10.3. The van der Waals surface area contributed by atoms with Crippen molar-refractivity contribution in [3.8, 4) is 0 Å². The number of hydrogen-bond acceptors (Lipinski definition) is 2. The van der Waals surface area contributed by atoms with Crippen molar-refractivity contribution in [1.82, 2.24) is 0 Å². The minimum atomic E-state index is 0.000534. The normalized spacial score (nSPS) is 30.0. The van der Waals surface area contributed by atoms with E-state index < -0.39 is 0 Å². The predicted octanol–water partition coefficient (Wildman–Crippen LogP) is 4.67. The molecule has 0 bridgehead atoms. The van der Waals surface area contributed by atoms with Crippen LogP contribution in [0.15, 0.2) is 23.3 Å². The topological polar surface area (TPSA) is 35.3 Å². The maximum Gasteiger partial charge on any atom is 0.252 e. The van der Waals surface area contributed by atoms with Crippen LogP contribution in [0.25, 0.3) is 0 Å². The third-order valence-corrected chi connectivity index (χ3v) is 5.03. The molecule has 0 amide bonds. The lowest BCUT2D eigenvalue weighted by atomic mass is 9.80. The molecule has 3 rings (SSSR count). The van der Waals surface area contributed by atoms with Gasteiger partial charge in [-0.2, -0.15) is 0 Å². The largest absolute Gasteiger partial charge is 0.394 e. The van der Waals surface area contributed by atoms with Gasteiger partial charge in [0.25, 0.3) is 5.71 Å². The molecule has 2 atom stereocenters. The van der Waals surface area contributed by atoms with E-state index in [0.29, 0.717) is 0 Å². The minimum Gasteiger partial charge on any atom is -0.394 e. The van der Waals surface area contributed by atoms with Gasteiger partial charge in [-0.15, -0.1) is 0 Å². The van der Waals surface area contributed by atoms with Gasteiger partial charge in [0.15, 0.2) is 0 Å². The van der Waals surface area contributed by atoms with E-state index >= 15 is 0 Å². The van der Waals surface area contributed by atoms with Crippen LogP contribution in [0.4, 0.5) is 0 Å². The molecule has 0 saturated heterocycles. The average Bonchev–Trinajstić information content (AvgIpc) is 2.86. The molecule has 1 aliphatic heterocycles. The second-order valence-electron chi connectivity index (χ2n) is 6.56. The molecule has 0 aromatic heterocycles. The molecule has 0 aromatic rings. The van der Waals surface area contributed by atoms with Crippen molar-refractivity contribution in [2.45, 2.75) is 77.2 Å². The molecule has 2 aliphatic carbocycles. The summed E-state index contributed by atoms with van der Waals surface area (Å²) in [5.74, 6) is 0.265. The van der Waals surface area contributed by atoms with Gasteiger partial charge in [0.2, 0.25) is 0 Å².